The summed E-state index contributed by atoms with van der Waals surface area (Å²) < 4.78 is 5.95. The molecule has 0 atom stereocenters. The van der Waals surface area contributed by atoms with Gasteiger partial charge < -0.3 is 15.5 Å². The molecule has 0 bridgehead atoms. The van der Waals surface area contributed by atoms with Crippen molar-refractivity contribution < 1.29 is 14.3 Å². The normalized spacial score (nSPS) is 15.4. The first-order valence-corrected chi connectivity index (χ1v) is 10.4. The number of carbonyl (C=O) groups excluding carboxylic acids is 2. The van der Waals surface area contributed by atoms with E-state index in [9.17, 15) is 9.59 Å². The number of hydrogen-bond donors (Lipinski definition) is 3. The number of allylic oxidation sites excluding steroid dienone is 1. The summed E-state index contributed by atoms with van der Waals surface area (Å²) >= 11 is 0. The van der Waals surface area contributed by atoms with Gasteiger partial charge in [0.1, 0.15) is 17.3 Å². The van der Waals surface area contributed by atoms with Crippen molar-refractivity contribution >= 4 is 29.5 Å². The Bertz CT molecular complexity index is 1060. The number of ether oxygens (including phenoxy) is 1. The molecule has 3 rings (SSSR count). The largest absolute Gasteiger partial charge is 0.455 e. The number of aromatic nitrogens is 2. The molecule has 3 heterocycles. The predicted molar refractivity (Wildman–Crippen MR) is 123 cm³/mol. The molecule has 3 N–H and O–H groups in total. The van der Waals surface area contributed by atoms with Gasteiger partial charge in [0.15, 0.2) is 0 Å². The Morgan fingerprint density at radius 2 is 2.12 bits per heavy atom. The number of aryl methyl sites for hydroxylation is 1. The second-order valence-corrected chi connectivity index (χ2v) is 8.08. The molecule has 0 unspecified atom stereocenters. The molecule has 0 aromatic carbocycles. The van der Waals surface area contributed by atoms with E-state index in [0.29, 0.717) is 47.2 Å². The molecule has 9 heteroatoms. The van der Waals surface area contributed by atoms with Gasteiger partial charge in [0.25, 0.3) is 0 Å². The van der Waals surface area contributed by atoms with Crippen molar-refractivity contribution in [3.05, 3.63) is 48.1 Å². The fourth-order valence-corrected chi connectivity index (χ4v) is 3.22. The Morgan fingerprint density at radius 1 is 1.34 bits per heavy atom. The monoisotopic (exact) mass is 436 g/mol. The van der Waals surface area contributed by atoms with Crippen LogP contribution in [0.3, 0.4) is 0 Å². The molecule has 1 saturated heterocycles. The number of anilines is 1. The van der Waals surface area contributed by atoms with Gasteiger partial charge in [-0.1, -0.05) is 13.8 Å². The van der Waals surface area contributed by atoms with Crippen molar-refractivity contribution in [1.29, 1.82) is 5.41 Å². The van der Waals surface area contributed by atoms with Crippen LogP contribution in [0.15, 0.2) is 36.7 Å². The molecular weight excluding hydrogens is 408 g/mol. The minimum atomic E-state index is -0.527. The average molecular weight is 437 g/mol. The molecule has 3 amide bonds. The summed E-state index contributed by atoms with van der Waals surface area (Å²) in [7, 11) is 0. The van der Waals surface area contributed by atoms with Crippen molar-refractivity contribution in [3.8, 4) is 11.5 Å². The SMILES string of the molecule is CCN/C=C(\C=N)c1cc(Oc2ccc(NC(=O)N3CCC(C)(C)C3=O)nc2C)ccn1. The van der Waals surface area contributed by atoms with Crippen LogP contribution in [0, 0.1) is 17.7 Å². The maximum absolute atomic E-state index is 12.5. The summed E-state index contributed by atoms with van der Waals surface area (Å²) in [5.74, 6) is 1.22. The number of imide groups is 1. The van der Waals surface area contributed by atoms with E-state index in [2.05, 4.69) is 20.6 Å². The fraction of sp³-hybridized carbons (Fsp3) is 0.348. The van der Waals surface area contributed by atoms with Gasteiger partial charge in [-0.05, 0) is 38.5 Å². The number of rotatable bonds is 7. The molecule has 2 aromatic heterocycles. The van der Waals surface area contributed by atoms with Gasteiger partial charge in [0.2, 0.25) is 5.91 Å². The minimum Gasteiger partial charge on any atom is -0.455 e. The number of hydrogen-bond acceptors (Lipinski definition) is 7. The van der Waals surface area contributed by atoms with Gasteiger partial charge in [-0.3, -0.25) is 20.0 Å². The zero-order valence-electron chi connectivity index (χ0n) is 18.7. The number of nitrogens with one attached hydrogen (secondary N) is 3. The van der Waals surface area contributed by atoms with Crippen LogP contribution in [0.5, 0.6) is 11.5 Å². The van der Waals surface area contributed by atoms with Gasteiger partial charge in [-0.2, -0.15) is 0 Å². The number of amides is 3. The molecule has 1 fully saturated rings. The third-order valence-corrected chi connectivity index (χ3v) is 5.17. The lowest BCUT2D eigenvalue weighted by Crippen LogP contribution is -2.39. The van der Waals surface area contributed by atoms with Gasteiger partial charge in [0, 0.05) is 48.8 Å². The number of pyridine rings is 2. The number of nitrogens with zero attached hydrogens (tertiary/aromatic N) is 3. The first-order chi connectivity index (χ1) is 15.2. The Hall–Kier alpha value is -3.75. The van der Waals surface area contributed by atoms with Crippen molar-refractivity contribution in [1.82, 2.24) is 20.2 Å². The summed E-state index contributed by atoms with van der Waals surface area (Å²) in [5, 5.41) is 13.3. The van der Waals surface area contributed by atoms with Crippen LogP contribution < -0.4 is 15.4 Å². The summed E-state index contributed by atoms with van der Waals surface area (Å²) in [5.41, 5.74) is 1.28. The third-order valence-electron chi connectivity index (χ3n) is 5.17. The van der Waals surface area contributed by atoms with Gasteiger partial charge in [-0.25, -0.2) is 9.78 Å². The first kappa shape index (κ1) is 22.9. The number of urea groups is 1. The van der Waals surface area contributed by atoms with Crippen LogP contribution in [-0.4, -0.2) is 46.1 Å². The smallest absolute Gasteiger partial charge is 0.329 e. The van der Waals surface area contributed by atoms with Crippen molar-refractivity contribution in [3.63, 3.8) is 0 Å². The topological polar surface area (TPSA) is 120 Å². The molecule has 0 saturated carbocycles. The highest BCUT2D eigenvalue weighted by atomic mass is 16.5. The average Bonchev–Trinajstić information content (AvgIpc) is 3.03. The Labute approximate surface area is 187 Å². The molecule has 1 aliphatic heterocycles. The van der Waals surface area contributed by atoms with Gasteiger partial charge >= 0.3 is 6.03 Å². The van der Waals surface area contributed by atoms with Crippen LogP contribution in [0.4, 0.5) is 10.6 Å². The van der Waals surface area contributed by atoms with Crippen LogP contribution >= 0.6 is 0 Å². The summed E-state index contributed by atoms with van der Waals surface area (Å²) in [6.45, 7) is 8.54. The molecule has 32 heavy (non-hydrogen) atoms. The molecule has 0 aliphatic carbocycles. The Kier molecular flexibility index (Phi) is 6.87. The standard InChI is InChI=1S/C23H28N6O3/c1-5-25-14-16(13-24)18-12-17(8-10-26-18)32-19-6-7-20(27-15(19)2)28-22(31)29-11-9-23(3,4)21(29)30/h6-8,10,12-14,24-25H,5,9,11H2,1-4H3,(H,27,28,31)/b16-14+,24-13?. The van der Waals surface area contributed by atoms with Crippen molar-refractivity contribution in [2.45, 2.75) is 34.1 Å². The summed E-state index contributed by atoms with van der Waals surface area (Å²) in [6.07, 6.45) is 5.20. The molecule has 168 valence electrons. The minimum absolute atomic E-state index is 0.187. The molecular formula is C23H28N6O3. The second-order valence-electron chi connectivity index (χ2n) is 8.08. The predicted octanol–water partition coefficient (Wildman–Crippen LogP) is 3.97. The van der Waals surface area contributed by atoms with Crippen molar-refractivity contribution in [2.75, 3.05) is 18.4 Å². The summed E-state index contributed by atoms with van der Waals surface area (Å²) in [4.78, 5) is 34.7. The molecule has 0 spiro atoms. The highest BCUT2D eigenvalue weighted by Crippen LogP contribution is 2.31. The van der Waals surface area contributed by atoms with E-state index in [1.165, 1.54) is 11.1 Å². The highest BCUT2D eigenvalue weighted by Gasteiger charge is 2.41. The molecule has 1 aliphatic rings. The maximum atomic E-state index is 12.5. The number of carbonyl (C=O) groups is 2. The Morgan fingerprint density at radius 3 is 2.75 bits per heavy atom. The molecule has 0 radical (unpaired) electrons. The third kappa shape index (κ3) is 5.11. The summed E-state index contributed by atoms with van der Waals surface area (Å²) in [6, 6.07) is 6.31. The fourth-order valence-electron chi connectivity index (χ4n) is 3.22. The van der Waals surface area contributed by atoms with E-state index in [0.717, 1.165) is 6.54 Å². The molecule has 9 nitrogen and oxygen atoms in total. The highest BCUT2D eigenvalue weighted by molar-refractivity contribution is 6.07. The first-order valence-electron chi connectivity index (χ1n) is 10.4. The van der Waals surface area contributed by atoms with E-state index in [1.54, 1.807) is 43.6 Å². The van der Waals surface area contributed by atoms with E-state index in [4.69, 9.17) is 10.1 Å². The van der Waals surface area contributed by atoms with Gasteiger partial charge in [-0.15, -0.1) is 0 Å². The number of likely N-dealkylation sites (tertiary alicyclic amines) is 1. The second kappa shape index (κ2) is 9.59. The van der Waals surface area contributed by atoms with E-state index >= 15 is 0 Å². The van der Waals surface area contributed by atoms with Crippen LogP contribution in [0.25, 0.3) is 5.57 Å². The van der Waals surface area contributed by atoms with Crippen LogP contribution in [0.1, 0.15) is 38.6 Å². The lowest BCUT2D eigenvalue weighted by atomic mass is 9.92. The van der Waals surface area contributed by atoms with E-state index < -0.39 is 11.4 Å². The van der Waals surface area contributed by atoms with Crippen LogP contribution in [-0.2, 0) is 4.79 Å². The zero-order valence-corrected chi connectivity index (χ0v) is 18.7. The maximum Gasteiger partial charge on any atom is 0.329 e. The Balaban J connectivity index is 1.71. The quantitative estimate of drug-likeness (QED) is 0.565. The molecule has 2 aromatic rings. The van der Waals surface area contributed by atoms with Crippen molar-refractivity contribution in [2.24, 2.45) is 5.41 Å². The lowest BCUT2D eigenvalue weighted by molar-refractivity contribution is -0.131. The zero-order chi connectivity index (χ0) is 23.3. The van der Waals surface area contributed by atoms with Gasteiger partial charge in [0.05, 0.1) is 11.4 Å². The lowest BCUT2D eigenvalue weighted by Gasteiger charge is -2.18. The van der Waals surface area contributed by atoms with Crippen LogP contribution in [0.2, 0.25) is 0 Å². The van der Waals surface area contributed by atoms with E-state index in [-0.39, 0.29) is 5.91 Å². The van der Waals surface area contributed by atoms with E-state index in [1.807, 2.05) is 20.8 Å².